The molecule has 0 bridgehead atoms. The maximum absolute atomic E-state index is 12.0. The molecule has 0 aromatic carbocycles. The molecule has 2 aliphatic rings. The highest BCUT2D eigenvalue weighted by Crippen LogP contribution is 2.13. The first-order valence-corrected chi connectivity index (χ1v) is 10.0. The molecule has 28 heavy (non-hydrogen) atoms. The molecule has 2 aromatic rings. The molecule has 1 amide bonds. The van der Waals surface area contributed by atoms with Crippen LogP contribution in [-0.4, -0.2) is 64.5 Å². The Hall–Kier alpha value is -2.45. The summed E-state index contributed by atoms with van der Waals surface area (Å²) in [6.45, 7) is 4.90. The molecule has 150 valence electrons. The highest BCUT2D eigenvalue weighted by Gasteiger charge is 2.23. The smallest absolute Gasteiger partial charge is 0.249 e. The molecule has 0 unspecified atom stereocenters. The molecule has 1 saturated heterocycles. The summed E-state index contributed by atoms with van der Waals surface area (Å²) >= 11 is 0. The van der Waals surface area contributed by atoms with Gasteiger partial charge in [0.2, 0.25) is 5.91 Å². The van der Waals surface area contributed by atoms with Crippen LogP contribution in [0.3, 0.4) is 0 Å². The third-order valence-corrected chi connectivity index (χ3v) is 5.25. The lowest BCUT2D eigenvalue weighted by molar-refractivity contribution is -0.130. The summed E-state index contributed by atoms with van der Waals surface area (Å²) in [5.74, 6) is 2.83. The van der Waals surface area contributed by atoms with Crippen molar-refractivity contribution in [3.05, 3.63) is 41.9 Å². The topological polar surface area (TPSA) is 85.4 Å². The van der Waals surface area contributed by atoms with E-state index in [4.69, 9.17) is 9.15 Å². The summed E-state index contributed by atoms with van der Waals surface area (Å²) in [6.07, 6.45) is 8.88. The molecule has 0 radical (unpaired) electrons. The zero-order chi connectivity index (χ0) is 19.2. The van der Waals surface area contributed by atoms with Crippen molar-refractivity contribution in [2.45, 2.75) is 38.3 Å². The summed E-state index contributed by atoms with van der Waals surface area (Å²) in [5, 5.41) is 11.7. The fourth-order valence-corrected chi connectivity index (χ4v) is 3.69. The van der Waals surface area contributed by atoms with Crippen LogP contribution in [0.2, 0.25) is 0 Å². The van der Waals surface area contributed by atoms with Gasteiger partial charge < -0.3 is 19.0 Å². The molecule has 1 atom stereocenters. The Labute approximate surface area is 164 Å². The van der Waals surface area contributed by atoms with Crippen molar-refractivity contribution >= 4 is 12.0 Å². The van der Waals surface area contributed by atoms with Crippen molar-refractivity contribution in [2.75, 3.05) is 32.8 Å². The van der Waals surface area contributed by atoms with Crippen LogP contribution in [0.25, 0.3) is 6.08 Å². The van der Waals surface area contributed by atoms with Crippen molar-refractivity contribution < 1.29 is 13.9 Å². The summed E-state index contributed by atoms with van der Waals surface area (Å²) in [6, 6.07) is 3.84. The van der Waals surface area contributed by atoms with Gasteiger partial charge in [-0.25, -0.2) is 0 Å². The number of rotatable bonds is 7. The fourth-order valence-electron chi connectivity index (χ4n) is 3.69. The van der Waals surface area contributed by atoms with E-state index in [0.29, 0.717) is 19.6 Å². The predicted octanol–water partition coefficient (Wildman–Crippen LogP) is 1.28. The van der Waals surface area contributed by atoms with E-state index < -0.39 is 0 Å². The quantitative estimate of drug-likeness (QED) is 0.773. The van der Waals surface area contributed by atoms with Gasteiger partial charge in [-0.05, 0) is 31.1 Å². The number of furan rings is 1. The number of fused-ring (bicyclic) bond motifs is 1. The minimum absolute atomic E-state index is 0.0115. The monoisotopic (exact) mass is 385 g/mol. The Balaban J connectivity index is 1.25. The Kier molecular flexibility index (Phi) is 6.18. The second-order valence-electron chi connectivity index (χ2n) is 7.20. The Bertz CT molecular complexity index is 793. The first-order valence-electron chi connectivity index (χ1n) is 10.0. The molecule has 1 N–H and O–H groups in total. The van der Waals surface area contributed by atoms with E-state index in [-0.39, 0.29) is 12.0 Å². The standard InChI is InChI=1S/C20H27N5O3/c26-20(17-6-3-15-28-17)21-9-7-18-22-23-19-8-11-24(12-13-25(18)19)10-1-4-16-5-2-14-27-16/h1-2,4-5,14,17H,3,6-13,15H2,(H,21,26)/b4-1+/t17-/m1/s1. The SMILES string of the molecule is O=C(NCCc1nnc2n1CCN(C/C=C/c1ccco1)CC2)[C@H]1CCCO1. The van der Waals surface area contributed by atoms with Crippen LogP contribution in [0, 0.1) is 0 Å². The first-order chi connectivity index (χ1) is 13.8. The Morgan fingerprint density at radius 2 is 2.29 bits per heavy atom. The summed E-state index contributed by atoms with van der Waals surface area (Å²) in [7, 11) is 0. The van der Waals surface area contributed by atoms with Crippen molar-refractivity contribution in [2.24, 2.45) is 0 Å². The molecule has 0 aliphatic carbocycles. The third-order valence-electron chi connectivity index (χ3n) is 5.25. The normalized spacial score (nSPS) is 20.4. The van der Waals surface area contributed by atoms with Crippen molar-refractivity contribution in [1.29, 1.82) is 0 Å². The highest BCUT2D eigenvalue weighted by molar-refractivity contribution is 5.80. The Morgan fingerprint density at radius 3 is 3.11 bits per heavy atom. The van der Waals surface area contributed by atoms with E-state index in [0.717, 1.165) is 62.9 Å². The van der Waals surface area contributed by atoms with Crippen LogP contribution in [0.1, 0.15) is 30.3 Å². The number of ether oxygens (including phenoxy) is 1. The molecule has 4 heterocycles. The summed E-state index contributed by atoms with van der Waals surface area (Å²) in [5.41, 5.74) is 0. The predicted molar refractivity (Wildman–Crippen MR) is 104 cm³/mol. The van der Waals surface area contributed by atoms with Gasteiger partial charge in [0.05, 0.1) is 6.26 Å². The minimum atomic E-state index is -0.279. The van der Waals surface area contributed by atoms with E-state index in [9.17, 15) is 4.79 Å². The minimum Gasteiger partial charge on any atom is -0.465 e. The molecule has 1 fully saturated rings. The molecule has 2 aromatic heterocycles. The van der Waals surface area contributed by atoms with E-state index in [1.165, 1.54) is 0 Å². The van der Waals surface area contributed by atoms with Crippen LogP contribution in [0.5, 0.6) is 0 Å². The van der Waals surface area contributed by atoms with E-state index >= 15 is 0 Å². The Morgan fingerprint density at radius 1 is 1.32 bits per heavy atom. The van der Waals surface area contributed by atoms with Crippen molar-refractivity contribution in [3.8, 4) is 0 Å². The van der Waals surface area contributed by atoms with Crippen LogP contribution < -0.4 is 5.32 Å². The lowest BCUT2D eigenvalue weighted by Gasteiger charge is -2.17. The molecule has 8 nitrogen and oxygen atoms in total. The van der Waals surface area contributed by atoms with E-state index in [1.54, 1.807) is 6.26 Å². The van der Waals surface area contributed by atoms with Crippen LogP contribution in [0.15, 0.2) is 28.9 Å². The van der Waals surface area contributed by atoms with Gasteiger partial charge in [0.15, 0.2) is 0 Å². The number of nitrogens with zero attached hydrogens (tertiary/aromatic N) is 4. The summed E-state index contributed by atoms with van der Waals surface area (Å²) in [4.78, 5) is 14.4. The van der Waals surface area contributed by atoms with Gasteiger partial charge >= 0.3 is 0 Å². The average Bonchev–Trinajstić information content (AvgIpc) is 3.44. The second kappa shape index (κ2) is 9.16. The molecule has 2 aliphatic heterocycles. The number of carbonyl (C=O) groups is 1. The molecule has 0 spiro atoms. The maximum atomic E-state index is 12.0. The van der Waals surface area contributed by atoms with Crippen LogP contribution >= 0.6 is 0 Å². The first kappa shape index (κ1) is 18.9. The van der Waals surface area contributed by atoms with Crippen LogP contribution in [-0.2, 0) is 28.9 Å². The van der Waals surface area contributed by atoms with E-state index in [1.807, 2.05) is 18.2 Å². The van der Waals surface area contributed by atoms with Crippen molar-refractivity contribution in [3.63, 3.8) is 0 Å². The maximum Gasteiger partial charge on any atom is 0.249 e. The molecule has 4 rings (SSSR count). The number of nitrogens with one attached hydrogen (secondary N) is 1. The molecule has 0 saturated carbocycles. The second-order valence-corrected chi connectivity index (χ2v) is 7.20. The molecule has 8 heteroatoms. The summed E-state index contributed by atoms with van der Waals surface area (Å²) < 4.78 is 12.9. The lowest BCUT2D eigenvalue weighted by atomic mass is 10.2. The van der Waals surface area contributed by atoms with Gasteiger partial charge in [0.25, 0.3) is 0 Å². The van der Waals surface area contributed by atoms with Crippen molar-refractivity contribution in [1.82, 2.24) is 25.0 Å². The number of hydrogen-bond acceptors (Lipinski definition) is 6. The number of hydrogen-bond donors (Lipinski definition) is 1. The zero-order valence-corrected chi connectivity index (χ0v) is 16.0. The zero-order valence-electron chi connectivity index (χ0n) is 16.0. The fraction of sp³-hybridized carbons (Fsp3) is 0.550. The third kappa shape index (κ3) is 4.69. The van der Waals surface area contributed by atoms with E-state index in [2.05, 4.69) is 31.1 Å². The van der Waals surface area contributed by atoms with Gasteiger partial charge in [0, 0.05) is 52.2 Å². The molecular formula is C20H27N5O3. The van der Waals surface area contributed by atoms with Gasteiger partial charge in [-0.3, -0.25) is 9.69 Å². The lowest BCUT2D eigenvalue weighted by Crippen LogP contribution is -2.35. The number of carbonyl (C=O) groups excluding carboxylic acids is 1. The van der Waals surface area contributed by atoms with Gasteiger partial charge in [-0.1, -0.05) is 6.08 Å². The largest absolute Gasteiger partial charge is 0.465 e. The number of amides is 1. The highest BCUT2D eigenvalue weighted by atomic mass is 16.5. The van der Waals surface area contributed by atoms with Gasteiger partial charge in [0.1, 0.15) is 23.5 Å². The van der Waals surface area contributed by atoms with Crippen LogP contribution in [0.4, 0.5) is 0 Å². The number of aromatic nitrogens is 3. The van der Waals surface area contributed by atoms with Gasteiger partial charge in [-0.2, -0.15) is 0 Å². The molecular weight excluding hydrogens is 358 g/mol. The average molecular weight is 385 g/mol. The van der Waals surface area contributed by atoms with Gasteiger partial charge in [-0.15, -0.1) is 10.2 Å².